The van der Waals surface area contributed by atoms with Crippen LogP contribution in [0.3, 0.4) is 0 Å². The number of ketones is 1. The van der Waals surface area contributed by atoms with E-state index in [1.165, 1.54) is 0 Å². The molecule has 0 aromatic rings. The Kier molecular flexibility index (Phi) is 3.36. The van der Waals surface area contributed by atoms with Crippen LogP contribution in [-0.2, 0) is 4.79 Å². The molecule has 0 heterocycles. The molecule has 0 spiro atoms. The zero-order chi connectivity index (χ0) is 9.07. The van der Waals surface area contributed by atoms with E-state index in [0.29, 0.717) is 12.3 Å². The van der Waals surface area contributed by atoms with E-state index in [9.17, 15) is 9.70 Å². The Hall–Kier alpha value is -0.730. The molecule has 0 aromatic heterocycles. The first-order valence-corrected chi connectivity index (χ1v) is 3.78. The number of hydrogen-bond acceptors (Lipinski definition) is 3. The fourth-order valence-corrected chi connectivity index (χ4v) is 0.671. The van der Waals surface area contributed by atoms with Crippen molar-refractivity contribution in [3.8, 4) is 0 Å². The van der Waals surface area contributed by atoms with Gasteiger partial charge < -0.3 is 0 Å². The summed E-state index contributed by atoms with van der Waals surface area (Å²) in [6.45, 7) is 6.98. The molecular formula is C8H15NO2. The van der Waals surface area contributed by atoms with Crippen molar-refractivity contribution in [1.82, 2.24) is 0 Å². The number of nitroso groups, excluding NO2 is 1. The van der Waals surface area contributed by atoms with Crippen LogP contribution in [0.1, 0.15) is 34.1 Å². The zero-order valence-electron chi connectivity index (χ0n) is 7.55. The van der Waals surface area contributed by atoms with Gasteiger partial charge in [0.25, 0.3) is 0 Å². The quantitative estimate of drug-likeness (QED) is 0.587. The normalized spacial score (nSPS) is 11.7. The van der Waals surface area contributed by atoms with Crippen LogP contribution in [0.25, 0.3) is 0 Å². The molecule has 0 aliphatic heterocycles. The lowest BCUT2D eigenvalue weighted by Gasteiger charge is -2.14. The lowest BCUT2D eigenvalue weighted by Crippen LogP contribution is -2.29. The summed E-state index contributed by atoms with van der Waals surface area (Å²) >= 11 is 0. The molecule has 0 radical (unpaired) electrons. The Labute approximate surface area is 67.2 Å². The third kappa shape index (κ3) is 3.25. The molecule has 0 saturated heterocycles. The summed E-state index contributed by atoms with van der Waals surface area (Å²) in [6, 6.07) is 0. The molecule has 0 N–H and O–H groups in total. The predicted octanol–water partition coefficient (Wildman–Crippen LogP) is 2.15. The van der Waals surface area contributed by atoms with Crippen LogP contribution >= 0.6 is 0 Å². The van der Waals surface area contributed by atoms with Crippen molar-refractivity contribution < 1.29 is 4.79 Å². The van der Waals surface area contributed by atoms with Gasteiger partial charge in [-0.1, -0.05) is 19.0 Å². The van der Waals surface area contributed by atoms with Crippen molar-refractivity contribution >= 4 is 5.78 Å². The fraction of sp³-hybridized carbons (Fsp3) is 0.875. The van der Waals surface area contributed by atoms with Crippen LogP contribution in [-0.4, -0.2) is 11.3 Å². The van der Waals surface area contributed by atoms with Crippen molar-refractivity contribution in [3.05, 3.63) is 4.91 Å². The summed E-state index contributed by atoms with van der Waals surface area (Å²) in [5.41, 5.74) is -1.04. The summed E-state index contributed by atoms with van der Waals surface area (Å²) in [5, 5.41) is 2.77. The minimum atomic E-state index is -1.04. The standard InChI is InChI=1S/C8H15NO2/c1-6(2)5-7(10)8(3,4)9-11/h6H,5H2,1-4H3. The molecule has 11 heavy (non-hydrogen) atoms. The number of carbonyl (C=O) groups is 1. The molecule has 0 unspecified atom stereocenters. The number of carbonyl (C=O) groups excluding carboxylic acids is 1. The van der Waals surface area contributed by atoms with Gasteiger partial charge in [0, 0.05) is 6.42 Å². The molecular weight excluding hydrogens is 142 g/mol. The minimum absolute atomic E-state index is 0.0810. The zero-order valence-corrected chi connectivity index (χ0v) is 7.55. The second kappa shape index (κ2) is 3.60. The maximum Gasteiger partial charge on any atom is 0.163 e. The van der Waals surface area contributed by atoms with Gasteiger partial charge in [0.2, 0.25) is 0 Å². The summed E-state index contributed by atoms with van der Waals surface area (Å²) in [6.07, 6.45) is 0.429. The second-order valence-electron chi connectivity index (χ2n) is 3.67. The molecule has 0 saturated carbocycles. The third-order valence-electron chi connectivity index (χ3n) is 1.50. The Balaban J connectivity index is 4.13. The molecule has 0 atom stereocenters. The van der Waals surface area contributed by atoms with E-state index in [4.69, 9.17) is 0 Å². The van der Waals surface area contributed by atoms with E-state index in [-0.39, 0.29) is 5.78 Å². The maximum absolute atomic E-state index is 11.2. The Morgan fingerprint density at radius 1 is 1.45 bits per heavy atom. The largest absolute Gasteiger partial charge is 0.297 e. The van der Waals surface area contributed by atoms with Crippen molar-refractivity contribution in [3.63, 3.8) is 0 Å². The highest BCUT2D eigenvalue weighted by atomic mass is 16.3. The molecule has 0 amide bonds. The molecule has 3 nitrogen and oxygen atoms in total. The van der Waals surface area contributed by atoms with Crippen LogP contribution in [0, 0.1) is 10.8 Å². The van der Waals surface area contributed by atoms with Gasteiger partial charge in [-0.2, -0.15) is 0 Å². The van der Waals surface area contributed by atoms with E-state index >= 15 is 0 Å². The first kappa shape index (κ1) is 10.3. The second-order valence-corrected chi connectivity index (χ2v) is 3.67. The van der Waals surface area contributed by atoms with E-state index in [1.807, 2.05) is 13.8 Å². The molecule has 0 bridgehead atoms. The summed E-state index contributed by atoms with van der Waals surface area (Å²) < 4.78 is 0. The molecule has 0 aliphatic carbocycles. The van der Waals surface area contributed by atoms with E-state index in [2.05, 4.69) is 5.18 Å². The summed E-state index contributed by atoms with van der Waals surface area (Å²) in [5.74, 6) is 0.214. The molecule has 3 heteroatoms. The van der Waals surface area contributed by atoms with E-state index < -0.39 is 5.54 Å². The van der Waals surface area contributed by atoms with Gasteiger partial charge in [-0.3, -0.25) is 4.79 Å². The van der Waals surface area contributed by atoms with Crippen LogP contribution < -0.4 is 0 Å². The van der Waals surface area contributed by atoms with Gasteiger partial charge in [0.05, 0.1) is 0 Å². The lowest BCUT2D eigenvalue weighted by atomic mass is 9.93. The van der Waals surface area contributed by atoms with Crippen molar-refractivity contribution in [2.75, 3.05) is 0 Å². The minimum Gasteiger partial charge on any atom is -0.297 e. The van der Waals surface area contributed by atoms with Crippen molar-refractivity contribution in [2.45, 2.75) is 39.7 Å². The van der Waals surface area contributed by atoms with E-state index in [1.54, 1.807) is 13.8 Å². The molecule has 0 aromatic carbocycles. The molecule has 0 aliphatic rings. The van der Waals surface area contributed by atoms with Gasteiger partial charge in [0.1, 0.15) is 0 Å². The SMILES string of the molecule is CC(C)CC(=O)C(C)(C)N=O. The highest BCUT2D eigenvalue weighted by molar-refractivity contribution is 5.87. The number of nitrogens with zero attached hydrogens (tertiary/aromatic N) is 1. The average molecular weight is 157 g/mol. The monoisotopic (exact) mass is 157 g/mol. The lowest BCUT2D eigenvalue weighted by molar-refractivity contribution is -0.123. The third-order valence-corrected chi connectivity index (χ3v) is 1.50. The highest BCUT2D eigenvalue weighted by Crippen LogP contribution is 2.15. The van der Waals surface area contributed by atoms with Gasteiger partial charge in [-0.25, -0.2) is 0 Å². The van der Waals surface area contributed by atoms with Crippen LogP contribution in [0.4, 0.5) is 0 Å². The van der Waals surface area contributed by atoms with Gasteiger partial charge in [-0.15, -0.1) is 4.91 Å². The number of hydrogen-bond donors (Lipinski definition) is 0. The van der Waals surface area contributed by atoms with Gasteiger partial charge in [-0.05, 0) is 19.8 Å². The fourth-order valence-electron chi connectivity index (χ4n) is 0.671. The van der Waals surface area contributed by atoms with Crippen LogP contribution in [0.2, 0.25) is 0 Å². The predicted molar refractivity (Wildman–Crippen MR) is 44.3 cm³/mol. The number of Topliss-reactive ketones (excluding diaryl/α,β-unsaturated/α-hetero) is 1. The number of rotatable bonds is 4. The summed E-state index contributed by atoms with van der Waals surface area (Å²) in [7, 11) is 0. The van der Waals surface area contributed by atoms with Gasteiger partial charge >= 0.3 is 0 Å². The van der Waals surface area contributed by atoms with Crippen LogP contribution in [0.5, 0.6) is 0 Å². The molecule has 64 valence electrons. The smallest absolute Gasteiger partial charge is 0.163 e. The van der Waals surface area contributed by atoms with Crippen molar-refractivity contribution in [2.24, 2.45) is 11.1 Å². The van der Waals surface area contributed by atoms with E-state index in [0.717, 1.165) is 0 Å². The Morgan fingerprint density at radius 3 is 2.18 bits per heavy atom. The Morgan fingerprint density at radius 2 is 1.91 bits per heavy atom. The highest BCUT2D eigenvalue weighted by Gasteiger charge is 2.28. The average Bonchev–Trinajstić information content (AvgIpc) is 1.86. The topological polar surface area (TPSA) is 46.5 Å². The Bertz CT molecular complexity index is 161. The summed E-state index contributed by atoms with van der Waals surface area (Å²) in [4.78, 5) is 21.4. The molecule has 0 fully saturated rings. The van der Waals surface area contributed by atoms with Gasteiger partial charge in [0.15, 0.2) is 11.3 Å². The van der Waals surface area contributed by atoms with Crippen molar-refractivity contribution in [1.29, 1.82) is 0 Å². The van der Waals surface area contributed by atoms with Crippen LogP contribution in [0.15, 0.2) is 5.18 Å². The first-order chi connectivity index (χ1) is 4.90. The molecule has 0 rings (SSSR count). The first-order valence-electron chi connectivity index (χ1n) is 3.78. The maximum atomic E-state index is 11.2.